The van der Waals surface area contributed by atoms with Crippen molar-refractivity contribution in [2.24, 2.45) is 0 Å². The highest BCUT2D eigenvalue weighted by molar-refractivity contribution is 7.09. The largest absolute Gasteiger partial charge is 0.395 e. The number of aromatic nitrogens is 1. The van der Waals surface area contributed by atoms with E-state index in [4.69, 9.17) is 5.11 Å². The molecule has 0 aromatic carbocycles. The first kappa shape index (κ1) is 12.6. The van der Waals surface area contributed by atoms with E-state index in [1.165, 1.54) is 0 Å². The van der Waals surface area contributed by atoms with Crippen LogP contribution >= 0.6 is 11.3 Å². The van der Waals surface area contributed by atoms with Crippen molar-refractivity contribution in [2.45, 2.75) is 45.7 Å². The summed E-state index contributed by atoms with van der Waals surface area (Å²) in [6.07, 6.45) is 0. The lowest BCUT2D eigenvalue weighted by Crippen LogP contribution is -2.28. The van der Waals surface area contributed by atoms with E-state index < -0.39 is 0 Å². The summed E-state index contributed by atoms with van der Waals surface area (Å²) in [4.78, 5) is 4.56. The van der Waals surface area contributed by atoms with E-state index >= 15 is 0 Å². The lowest BCUT2D eigenvalue weighted by atomic mass is 9.98. The molecule has 1 aromatic rings. The molecule has 1 aromatic heterocycles. The summed E-state index contributed by atoms with van der Waals surface area (Å²) in [5.41, 5.74) is 1.19. The summed E-state index contributed by atoms with van der Waals surface area (Å²) in [6.45, 7) is 9.35. The second kappa shape index (κ2) is 5.05. The van der Waals surface area contributed by atoms with E-state index in [1.54, 1.807) is 11.3 Å². The smallest absolute Gasteiger partial charge is 0.0982 e. The Morgan fingerprint density at radius 1 is 1.53 bits per heavy atom. The van der Waals surface area contributed by atoms with E-state index in [-0.39, 0.29) is 18.1 Å². The molecule has 0 fully saturated rings. The molecule has 0 saturated carbocycles. The van der Waals surface area contributed by atoms with Crippen LogP contribution in [0, 0.1) is 0 Å². The third-order valence-electron chi connectivity index (χ3n) is 2.10. The topological polar surface area (TPSA) is 45.1 Å². The first-order chi connectivity index (χ1) is 6.93. The molecule has 1 heterocycles. The van der Waals surface area contributed by atoms with Crippen LogP contribution in [0.1, 0.15) is 38.4 Å². The summed E-state index contributed by atoms with van der Waals surface area (Å²) in [5.74, 6) is 0. The van der Waals surface area contributed by atoms with Gasteiger partial charge in [-0.25, -0.2) is 4.98 Å². The van der Waals surface area contributed by atoms with Crippen molar-refractivity contribution in [1.29, 1.82) is 0 Å². The highest BCUT2D eigenvalue weighted by Crippen LogP contribution is 2.25. The highest BCUT2D eigenvalue weighted by Gasteiger charge is 2.17. The molecule has 4 heteroatoms. The average Bonchev–Trinajstić information content (AvgIpc) is 2.61. The lowest BCUT2D eigenvalue weighted by Gasteiger charge is -2.13. The molecule has 0 bridgehead atoms. The van der Waals surface area contributed by atoms with Gasteiger partial charge in [-0.2, -0.15) is 0 Å². The standard InChI is InChI=1S/C11H20N2OS/c1-8(6-14)12-5-9-7-15-10(13-9)11(2,3)4/h7-8,12,14H,5-6H2,1-4H3/t8-/m1/s1. The molecule has 0 unspecified atom stereocenters. The van der Waals surface area contributed by atoms with E-state index in [0.29, 0.717) is 0 Å². The van der Waals surface area contributed by atoms with Gasteiger partial charge in [-0.3, -0.25) is 0 Å². The van der Waals surface area contributed by atoms with Gasteiger partial charge in [0.25, 0.3) is 0 Å². The molecule has 0 aliphatic rings. The van der Waals surface area contributed by atoms with E-state index in [9.17, 15) is 0 Å². The fourth-order valence-electron chi connectivity index (χ4n) is 1.08. The van der Waals surface area contributed by atoms with Gasteiger partial charge in [0, 0.05) is 23.4 Å². The lowest BCUT2D eigenvalue weighted by molar-refractivity contribution is 0.250. The molecule has 1 atom stereocenters. The molecule has 0 saturated heterocycles. The third-order valence-corrected chi connectivity index (χ3v) is 3.42. The molecule has 86 valence electrons. The summed E-state index contributed by atoms with van der Waals surface area (Å²) in [5, 5.41) is 15.3. The minimum Gasteiger partial charge on any atom is -0.395 e. The summed E-state index contributed by atoms with van der Waals surface area (Å²) in [7, 11) is 0. The summed E-state index contributed by atoms with van der Waals surface area (Å²) in [6, 6.07) is 0.129. The van der Waals surface area contributed by atoms with Gasteiger partial charge < -0.3 is 10.4 Å². The molecular weight excluding hydrogens is 208 g/mol. The first-order valence-electron chi connectivity index (χ1n) is 5.22. The van der Waals surface area contributed by atoms with Crippen LogP contribution in [0.2, 0.25) is 0 Å². The SMILES string of the molecule is C[C@H](CO)NCc1csc(C(C)(C)C)n1. The number of hydrogen-bond donors (Lipinski definition) is 2. The molecule has 15 heavy (non-hydrogen) atoms. The Morgan fingerprint density at radius 3 is 2.67 bits per heavy atom. The number of nitrogens with one attached hydrogen (secondary N) is 1. The number of thiazole rings is 1. The molecule has 0 radical (unpaired) electrons. The maximum Gasteiger partial charge on any atom is 0.0982 e. The van der Waals surface area contributed by atoms with Crippen molar-refractivity contribution in [2.75, 3.05) is 6.61 Å². The summed E-state index contributed by atoms with van der Waals surface area (Å²) < 4.78 is 0. The molecule has 3 nitrogen and oxygen atoms in total. The molecule has 0 amide bonds. The Hall–Kier alpha value is -0.450. The van der Waals surface area contributed by atoms with Gasteiger partial charge in [0.1, 0.15) is 0 Å². The monoisotopic (exact) mass is 228 g/mol. The van der Waals surface area contributed by atoms with Gasteiger partial charge in [0.15, 0.2) is 0 Å². The Balaban J connectivity index is 2.54. The first-order valence-corrected chi connectivity index (χ1v) is 6.10. The van der Waals surface area contributed by atoms with E-state index in [2.05, 4.69) is 36.5 Å². The Kier molecular flexibility index (Phi) is 4.25. The molecule has 2 N–H and O–H groups in total. The van der Waals surface area contributed by atoms with Gasteiger partial charge in [0.2, 0.25) is 0 Å². The zero-order valence-corrected chi connectivity index (χ0v) is 10.7. The Labute approximate surface area is 95.6 Å². The van der Waals surface area contributed by atoms with Crippen LogP contribution < -0.4 is 5.32 Å². The van der Waals surface area contributed by atoms with Crippen molar-refractivity contribution < 1.29 is 5.11 Å². The van der Waals surface area contributed by atoms with Crippen LogP contribution in [0.25, 0.3) is 0 Å². The minimum absolute atomic E-state index is 0.129. The third kappa shape index (κ3) is 3.89. The van der Waals surface area contributed by atoms with Crippen LogP contribution in [0.4, 0.5) is 0 Å². The van der Waals surface area contributed by atoms with Crippen LogP contribution in [0.15, 0.2) is 5.38 Å². The molecule has 0 aliphatic heterocycles. The predicted octanol–water partition coefficient (Wildman–Crippen LogP) is 1.91. The second-order valence-corrected chi connectivity index (χ2v) is 5.72. The molecular formula is C11H20N2OS. The normalized spacial score (nSPS) is 14.2. The van der Waals surface area contributed by atoms with Gasteiger partial charge in [-0.05, 0) is 6.92 Å². The molecule has 1 rings (SSSR count). The fraction of sp³-hybridized carbons (Fsp3) is 0.727. The van der Waals surface area contributed by atoms with Crippen molar-refractivity contribution in [3.63, 3.8) is 0 Å². The van der Waals surface area contributed by atoms with Gasteiger partial charge in [-0.1, -0.05) is 20.8 Å². The van der Waals surface area contributed by atoms with Gasteiger partial charge in [-0.15, -0.1) is 11.3 Å². The zero-order valence-electron chi connectivity index (χ0n) is 9.87. The van der Waals surface area contributed by atoms with Crippen molar-refractivity contribution >= 4 is 11.3 Å². The van der Waals surface area contributed by atoms with Crippen molar-refractivity contribution in [3.8, 4) is 0 Å². The number of aliphatic hydroxyl groups excluding tert-OH is 1. The van der Waals surface area contributed by atoms with Crippen molar-refractivity contribution in [3.05, 3.63) is 16.1 Å². The maximum atomic E-state index is 8.87. The molecule has 0 spiro atoms. The zero-order chi connectivity index (χ0) is 11.5. The van der Waals surface area contributed by atoms with Gasteiger partial charge >= 0.3 is 0 Å². The van der Waals surface area contributed by atoms with Crippen LogP contribution in [0.5, 0.6) is 0 Å². The number of aliphatic hydroxyl groups is 1. The Bertz CT molecular complexity index is 304. The fourth-order valence-corrected chi connectivity index (χ4v) is 1.98. The minimum atomic E-state index is 0.129. The second-order valence-electron chi connectivity index (χ2n) is 4.86. The average molecular weight is 228 g/mol. The molecule has 0 aliphatic carbocycles. The van der Waals surface area contributed by atoms with Gasteiger partial charge in [0.05, 0.1) is 17.3 Å². The Morgan fingerprint density at radius 2 is 2.20 bits per heavy atom. The van der Waals surface area contributed by atoms with E-state index in [0.717, 1.165) is 17.2 Å². The van der Waals surface area contributed by atoms with Crippen LogP contribution in [-0.2, 0) is 12.0 Å². The quantitative estimate of drug-likeness (QED) is 0.827. The van der Waals surface area contributed by atoms with E-state index in [1.807, 2.05) is 6.92 Å². The van der Waals surface area contributed by atoms with Crippen molar-refractivity contribution in [1.82, 2.24) is 10.3 Å². The number of rotatable bonds is 4. The summed E-state index contributed by atoms with van der Waals surface area (Å²) >= 11 is 1.70. The number of nitrogens with zero attached hydrogens (tertiary/aromatic N) is 1. The predicted molar refractivity (Wildman–Crippen MR) is 64.2 cm³/mol. The van der Waals surface area contributed by atoms with Crippen LogP contribution in [-0.4, -0.2) is 22.7 Å². The highest BCUT2D eigenvalue weighted by atomic mass is 32.1. The number of hydrogen-bond acceptors (Lipinski definition) is 4. The van der Waals surface area contributed by atoms with Crippen LogP contribution in [0.3, 0.4) is 0 Å². The maximum absolute atomic E-state index is 8.87.